The number of halogens is 3. The predicted octanol–water partition coefficient (Wildman–Crippen LogP) is 1.17. The normalized spacial score (nSPS) is 11.1. The highest BCUT2D eigenvalue weighted by Crippen LogP contribution is 2.22. The second-order valence-electron chi connectivity index (χ2n) is 2.36. The first kappa shape index (κ1) is 10.9. The summed E-state index contributed by atoms with van der Waals surface area (Å²) in [5, 5.41) is 9.90. The molecular weight excluding hydrogens is 262 g/mol. The Kier molecular flexibility index (Phi) is 3.05. The first-order valence-corrected chi connectivity index (χ1v) is 4.25. The molecule has 0 radical (unpaired) electrons. The Morgan fingerprint density at radius 3 is 2.29 bits per heavy atom. The molecule has 0 saturated carbocycles. The zero-order valence-corrected chi connectivity index (χ0v) is 8.25. The SMILES string of the molecule is O=C([O-])C(F)(F)Oc1ccc(Br)cc1. The van der Waals surface area contributed by atoms with Gasteiger partial charge in [0.15, 0.2) is 5.97 Å². The lowest BCUT2D eigenvalue weighted by molar-refractivity contribution is -0.350. The first-order chi connectivity index (χ1) is 6.42. The maximum Gasteiger partial charge on any atom is 0.441 e. The molecule has 76 valence electrons. The number of rotatable bonds is 3. The molecule has 0 aliphatic rings. The van der Waals surface area contributed by atoms with E-state index in [2.05, 4.69) is 20.7 Å². The number of aliphatic carboxylic acids is 1. The lowest BCUT2D eigenvalue weighted by Crippen LogP contribution is -2.45. The van der Waals surface area contributed by atoms with Gasteiger partial charge in [-0.1, -0.05) is 15.9 Å². The summed E-state index contributed by atoms with van der Waals surface area (Å²) in [6, 6.07) is 5.31. The van der Waals surface area contributed by atoms with E-state index in [9.17, 15) is 18.7 Å². The van der Waals surface area contributed by atoms with Crippen LogP contribution in [0, 0.1) is 0 Å². The van der Waals surface area contributed by atoms with Crippen LogP contribution in [0.3, 0.4) is 0 Å². The standard InChI is InChI=1S/C8H5BrF2O3/c9-5-1-3-6(4-2-5)14-8(10,11)7(12)13/h1-4H,(H,12,13)/p-1. The van der Waals surface area contributed by atoms with Crippen molar-refractivity contribution in [2.45, 2.75) is 6.11 Å². The molecule has 6 heteroatoms. The van der Waals surface area contributed by atoms with Crippen LogP contribution in [-0.4, -0.2) is 12.1 Å². The minimum atomic E-state index is -4.31. The molecule has 0 unspecified atom stereocenters. The molecule has 1 aromatic rings. The highest BCUT2D eigenvalue weighted by Gasteiger charge is 2.33. The van der Waals surface area contributed by atoms with Gasteiger partial charge in [0.05, 0.1) is 0 Å². The van der Waals surface area contributed by atoms with Crippen LogP contribution in [0.2, 0.25) is 0 Å². The fourth-order valence-corrected chi connectivity index (χ4v) is 0.957. The third-order valence-corrected chi connectivity index (χ3v) is 1.83. The monoisotopic (exact) mass is 265 g/mol. The van der Waals surface area contributed by atoms with Gasteiger partial charge in [-0.25, -0.2) is 0 Å². The van der Waals surface area contributed by atoms with E-state index in [0.29, 0.717) is 4.47 Å². The number of carbonyl (C=O) groups is 1. The Labute approximate surface area is 86.4 Å². The average molecular weight is 266 g/mol. The number of hydrogen-bond donors (Lipinski definition) is 0. The van der Waals surface area contributed by atoms with E-state index in [1.165, 1.54) is 24.3 Å². The molecule has 3 nitrogen and oxygen atoms in total. The van der Waals surface area contributed by atoms with Gasteiger partial charge in [-0.05, 0) is 24.3 Å². The molecule has 0 aliphatic heterocycles. The summed E-state index contributed by atoms with van der Waals surface area (Å²) in [7, 11) is 0. The van der Waals surface area contributed by atoms with Gasteiger partial charge in [0, 0.05) is 4.47 Å². The molecule has 1 rings (SSSR count). The summed E-state index contributed by atoms with van der Waals surface area (Å²) < 4.78 is 29.4. The summed E-state index contributed by atoms with van der Waals surface area (Å²) >= 11 is 3.08. The van der Waals surface area contributed by atoms with Crippen molar-refractivity contribution in [3.05, 3.63) is 28.7 Å². The zero-order chi connectivity index (χ0) is 10.8. The van der Waals surface area contributed by atoms with Gasteiger partial charge in [0.1, 0.15) is 5.75 Å². The molecule has 1 aromatic carbocycles. The molecule has 0 fully saturated rings. The molecule has 0 aromatic heterocycles. The van der Waals surface area contributed by atoms with Gasteiger partial charge in [-0.15, -0.1) is 0 Å². The summed E-state index contributed by atoms with van der Waals surface area (Å²) in [6.45, 7) is 0. The number of carbonyl (C=O) groups excluding carboxylic acids is 1. The molecule has 0 atom stereocenters. The van der Waals surface area contributed by atoms with Crippen molar-refractivity contribution in [2.75, 3.05) is 0 Å². The topological polar surface area (TPSA) is 49.4 Å². The third kappa shape index (κ3) is 2.66. The molecule has 0 bridgehead atoms. The average Bonchev–Trinajstić information content (AvgIpc) is 2.08. The highest BCUT2D eigenvalue weighted by atomic mass is 79.9. The molecule has 0 spiro atoms. The van der Waals surface area contributed by atoms with E-state index < -0.39 is 12.1 Å². The minimum absolute atomic E-state index is 0.248. The van der Waals surface area contributed by atoms with Crippen molar-refractivity contribution in [3.63, 3.8) is 0 Å². The van der Waals surface area contributed by atoms with Crippen molar-refractivity contribution in [3.8, 4) is 5.75 Å². The lowest BCUT2D eigenvalue weighted by atomic mass is 10.3. The molecule has 0 N–H and O–H groups in total. The number of hydrogen-bond acceptors (Lipinski definition) is 3. The van der Waals surface area contributed by atoms with Gasteiger partial charge in [0.2, 0.25) is 0 Å². The fourth-order valence-electron chi connectivity index (χ4n) is 0.692. The van der Waals surface area contributed by atoms with E-state index in [4.69, 9.17) is 0 Å². The Morgan fingerprint density at radius 2 is 1.86 bits per heavy atom. The molecule has 0 heterocycles. The largest absolute Gasteiger partial charge is 0.541 e. The Morgan fingerprint density at radius 1 is 1.36 bits per heavy atom. The molecule has 0 saturated heterocycles. The minimum Gasteiger partial charge on any atom is -0.541 e. The van der Waals surface area contributed by atoms with Crippen molar-refractivity contribution < 1.29 is 23.4 Å². The van der Waals surface area contributed by atoms with Crippen LogP contribution in [0.1, 0.15) is 0 Å². The first-order valence-electron chi connectivity index (χ1n) is 3.45. The Balaban J connectivity index is 2.79. The van der Waals surface area contributed by atoms with Crippen molar-refractivity contribution in [2.24, 2.45) is 0 Å². The van der Waals surface area contributed by atoms with Gasteiger partial charge < -0.3 is 14.6 Å². The maximum absolute atomic E-state index is 12.4. The molecule has 14 heavy (non-hydrogen) atoms. The van der Waals surface area contributed by atoms with E-state index in [1.807, 2.05) is 0 Å². The number of ether oxygens (including phenoxy) is 1. The van der Waals surface area contributed by atoms with Crippen LogP contribution in [0.25, 0.3) is 0 Å². The van der Waals surface area contributed by atoms with E-state index in [1.54, 1.807) is 0 Å². The quantitative estimate of drug-likeness (QED) is 0.825. The van der Waals surface area contributed by atoms with Gasteiger partial charge in [-0.2, -0.15) is 8.78 Å². The molecule has 0 aliphatic carbocycles. The summed E-state index contributed by atoms with van der Waals surface area (Å²) in [6.07, 6.45) is -4.31. The van der Waals surface area contributed by atoms with Crippen molar-refractivity contribution >= 4 is 21.9 Å². The molecular formula is C8H4BrF2O3-. The van der Waals surface area contributed by atoms with Gasteiger partial charge in [-0.3, -0.25) is 0 Å². The van der Waals surface area contributed by atoms with Crippen LogP contribution in [-0.2, 0) is 4.79 Å². The number of alkyl halides is 2. The second kappa shape index (κ2) is 3.91. The highest BCUT2D eigenvalue weighted by molar-refractivity contribution is 9.10. The lowest BCUT2D eigenvalue weighted by Gasteiger charge is -2.18. The smallest absolute Gasteiger partial charge is 0.441 e. The molecule has 0 amide bonds. The van der Waals surface area contributed by atoms with Crippen LogP contribution < -0.4 is 9.84 Å². The zero-order valence-electron chi connectivity index (χ0n) is 6.67. The van der Waals surface area contributed by atoms with Crippen LogP contribution in [0.4, 0.5) is 8.78 Å². The van der Waals surface area contributed by atoms with Crippen LogP contribution >= 0.6 is 15.9 Å². The Hall–Kier alpha value is -1.17. The number of carboxylic acid groups (broad SMARTS) is 1. The van der Waals surface area contributed by atoms with Crippen molar-refractivity contribution in [1.29, 1.82) is 0 Å². The van der Waals surface area contributed by atoms with E-state index >= 15 is 0 Å². The maximum atomic E-state index is 12.4. The van der Waals surface area contributed by atoms with Gasteiger partial charge >= 0.3 is 6.11 Å². The Bertz CT molecular complexity index is 337. The number of benzene rings is 1. The summed E-state index contributed by atoms with van der Waals surface area (Å²) in [5.41, 5.74) is 0. The number of carboxylic acids is 1. The summed E-state index contributed by atoms with van der Waals surface area (Å²) in [4.78, 5) is 9.90. The summed E-state index contributed by atoms with van der Waals surface area (Å²) in [5.74, 6) is -2.82. The van der Waals surface area contributed by atoms with Gasteiger partial charge in [0.25, 0.3) is 0 Å². The second-order valence-corrected chi connectivity index (χ2v) is 3.28. The third-order valence-electron chi connectivity index (χ3n) is 1.30. The van der Waals surface area contributed by atoms with E-state index in [0.717, 1.165) is 0 Å². The van der Waals surface area contributed by atoms with Crippen molar-refractivity contribution in [1.82, 2.24) is 0 Å². The van der Waals surface area contributed by atoms with Crippen LogP contribution in [0.5, 0.6) is 5.75 Å². The predicted molar refractivity (Wildman–Crippen MR) is 44.7 cm³/mol. The van der Waals surface area contributed by atoms with Crippen LogP contribution in [0.15, 0.2) is 28.7 Å². The fraction of sp³-hybridized carbons (Fsp3) is 0.125. The van der Waals surface area contributed by atoms with E-state index in [-0.39, 0.29) is 5.75 Å².